The first-order valence-corrected chi connectivity index (χ1v) is 12.0. The molecule has 9 nitrogen and oxygen atoms in total. The van der Waals surface area contributed by atoms with Gasteiger partial charge in [0.1, 0.15) is 5.75 Å². The molecule has 0 aliphatic heterocycles. The van der Waals surface area contributed by atoms with E-state index in [9.17, 15) is 4.79 Å². The number of nitrogens with zero attached hydrogens (tertiary/aromatic N) is 6. The van der Waals surface area contributed by atoms with Gasteiger partial charge >= 0.3 is 5.69 Å². The molecular formula is C27H30N6O3. The van der Waals surface area contributed by atoms with E-state index in [1.807, 2.05) is 56.8 Å². The minimum atomic E-state index is -0.141. The van der Waals surface area contributed by atoms with Gasteiger partial charge in [-0.1, -0.05) is 6.07 Å². The Morgan fingerprint density at radius 3 is 2.56 bits per heavy atom. The van der Waals surface area contributed by atoms with Crippen LogP contribution in [0.15, 0.2) is 41.5 Å². The van der Waals surface area contributed by atoms with Crippen LogP contribution in [0.1, 0.15) is 24.0 Å². The number of aromatic nitrogens is 6. The van der Waals surface area contributed by atoms with Crippen molar-refractivity contribution < 1.29 is 9.47 Å². The molecule has 0 spiro atoms. The number of hydrogen-bond acceptors (Lipinski definition) is 6. The van der Waals surface area contributed by atoms with Gasteiger partial charge in [-0.05, 0) is 51.5 Å². The van der Waals surface area contributed by atoms with Crippen molar-refractivity contribution in [3.05, 3.63) is 64.2 Å². The highest BCUT2D eigenvalue weighted by Crippen LogP contribution is 2.32. The Balaban J connectivity index is 1.78. The van der Waals surface area contributed by atoms with Crippen LogP contribution in [-0.4, -0.2) is 49.2 Å². The maximum Gasteiger partial charge on any atom is 0.333 e. The van der Waals surface area contributed by atoms with Gasteiger partial charge in [-0.25, -0.2) is 4.79 Å². The third kappa shape index (κ3) is 3.76. The smallest absolute Gasteiger partial charge is 0.333 e. The maximum absolute atomic E-state index is 13.6. The fourth-order valence-corrected chi connectivity index (χ4v) is 4.76. The predicted molar refractivity (Wildman–Crippen MR) is 140 cm³/mol. The van der Waals surface area contributed by atoms with Gasteiger partial charge in [0.2, 0.25) is 0 Å². The lowest BCUT2D eigenvalue weighted by Crippen LogP contribution is -2.22. The first-order valence-electron chi connectivity index (χ1n) is 12.0. The lowest BCUT2D eigenvalue weighted by Gasteiger charge is -2.11. The van der Waals surface area contributed by atoms with E-state index in [-0.39, 0.29) is 5.69 Å². The van der Waals surface area contributed by atoms with Crippen LogP contribution in [0.4, 0.5) is 0 Å². The summed E-state index contributed by atoms with van der Waals surface area (Å²) in [7, 11) is 3.44. The molecule has 0 bridgehead atoms. The molecule has 0 unspecified atom stereocenters. The van der Waals surface area contributed by atoms with E-state index in [1.165, 1.54) is 0 Å². The van der Waals surface area contributed by atoms with E-state index < -0.39 is 0 Å². The summed E-state index contributed by atoms with van der Waals surface area (Å²) in [6.07, 6.45) is 3.61. The fraction of sp³-hybridized carbons (Fsp3) is 0.333. The number of benzene rings is 1. The lowest BCUT2D eigenvalue weighted by atomic mass is 10.0. The van der Waals surface area contributed by atoms with Crippen molar-refractivity contribution in [3.8, 4) is 22.6 Å². The quantitative estimate of drug-likeness (QED) is 0.344. The van der Waals surface area contributed by atoms with Gasteiger partial charge in [-0.3, -0.25) is 23.8 Å². The molecule has 5 aromatic rings. The Bertz CT molecular complexity index is 1660. The van der Waals surface area contributed by atoms with Crippen LogP contribution in [-0.2, 0) is 18.3 Å². The van der Waals surface area contributed by atoms with Gasteiger partial charge in [0, 0.05) is 31.3 Å². The summed E-state index contributed by atoms with van der Waals surface area (Å²) in [5.74, 6) is 0.762. The molecule has 1 aromatic carbocycles. The average molecular weight is 487 g/mol. The van der Waals surface area contributed by atoms with E-state index in [2.05, 4.69) is 16.0 Å². The monoisotopic (exact) mass is 486 g/mol. The van der Waals surface area contributed by atoms with Gasteiger partial charge in [-0.15, -0.1) is 0 Å². The molecule has 0 atom stereocenters. The average Bonchev–Trinajstić information content (AvgIpc) is 3.29. The lowest BCUT2D eigenvalue weighted by molar-refractivity contribution is 0.182. The molecule has 186 valence electrons. The van der Waals surface area contributed by atoms with Crippen molar-refractivity contribution in [2.75, 3.05) is 20.3 Å². The Hall–Kier alpha value is -3.98. The van der Waals surface area contributed by atoms with E-state index in [1.54, 1.807) is 29.5 Å². The van der Waals surface area contributed by atoms with Crippen LogP contribution in [0.3, 0.4) is 0 Å². The molecular weight excluding hydrogens is 456 g/mol. The number of imidazole rings is 1. The number of methoxy groups -OCH3 is 1. The van der Waals surface area contributed by atoms with Crippen LogP contribution in [0.25, 0.3) is 38.8 Å². The van der Waals surface area contributed by atoms with Crippen LogP contribution in [0, 0.1) is 20.8 Å². The van der Waals surface area contributed by atoms with Gasteiger partial charge < -0.3 is 9.47 Å². The maximum atomic E-state index is 13.6. The molecule has 5 rings (SSSR count). The Morgan fingerprint density at radius 2 is 1.81 bits per heavy atom. The molecule has 0 fully saturated rings. The summed E-state index contributed by atoms with van der Waals surface area (Å²) >= 11 is 0. The zero-order valence-corrected chi connectivity index (χ0v) is 21.5. The van der Waals surface area contributed by atoms with Gasteiger partial charge in [0.15, 0.2) is 0 Å². The summed E-state index contributed by atoms with van der Waals surface area (Å²) in [4.78, 5) is 22.8. The minimum Gasteiger partial charge on any atom is -0.492 e. The van der Waals surface area contributed by atoms with Crippen molar-refractivity contribution in [1.82, 2.24) is 28.9 Å². The second-order valence-corrected chi connectivity index (χ2v) is 8.88. The molecule has 0 saturated carbocycles. The Labute approximate surface area is 208 Å². The van der Waals surface area contributed by atoms with Crippen molar-refractivity contribution in [2.45, 2.75) is 34.2 Å². The fourth-order valence-electron chi connectivity index (χ4n) is 4.76. The minimum absolute atomic E-state index is 0.141. The van der Waals surface area contributed by atoms with Gasteiger partial charge in [-0.2, -0.15) is 5.10 Å². The highest BCUT2D eigenvalue weighted by molar-refractivity contribution is 6.04. The number of ether oxygens (including phenoxy) is 2. The number of aryl methyl sites for hydroxylation is 3. The molecule has 9 heteroatoms. The number of pyridine rings is 2. The zero-order chi connectivity index (χ0) is 25.6. The van der Waals surface area contributed by atoms with Crippen molar-refractivity contribution in [3.63, 3.8) is 0 Å². The van der Waals surface area contributed by atoms with E-state index in [0.29, 0.717) is 19.8 Å². The number of rotatable bonds is 7. The third-order valence-corrected chi connectivity index (χ3v) is 6.63. The molecule has 0 aliphatic carbocycles. The molecule has 36 heavy (non-hydrogen) atoms. The molecule has 0 amide bonds. The van der Waals surface area contributed by atoms with Gasteiger partial charge in [0.05, 0.1) is 65.3 Å². The van der Waals surface area contributed by atoms with Crippen molar-refractivity contribution in [1.29, 1.82) is 0 Å². The standard InChI is InChI=1S/C27H30N6O3/c1-7-36-24-13-20(14-28-16(24)2)19-8-9-22-21(12-19)26-23(15-29-22)31(5)27(34)33(26)25-17(3)30-32(18(25)4)10-11-35-6/h8-9,12-15H,7,10-11H2,1-6H3. The molecule has 4 aromatic heterocycles. The second-order valence-electron chi connectivity index (χ2n) is 8.88. The first-order chi connectivity index (χ1) is 17.3. The SMILES string of the molecule is CCOc1cc(-c2ccc3ncc4c(c3c2)n(-c2c(C)nn(CCOC)c2C)c(=O)n4C)cnc1C. The van der Waals surface area contributed by atoms with Crippen LogP contribution in [0.5, 0.6) is 5.75 Å². The van der Waals surface area contributed by atoms with Crippen LogP contribution >= 0.6 is 0 Å². The molecule has 4 heterocycles. The highest BCUT2D eigenvalue weighted by Gasteiger charge is 2.22. The second kappa shape index (κ2) is 9.23. The predicted octanol–water partition coefficient (Wildman–Crippen LogP) is 4.11. The van der Waals surface area contributed by atoms with E-state index in [4.69, 9.17) is 14.6 Å². The normalized spacial score (nSPS) is 11.6. The topological polar surface area (TPSA) is 89.0 Å². The van der Waals surface area contributed by atoms with Gasteiger partial charge in [0.25, 0.3) is 0 Å². The van der Waals surface area contributed by atoms with Crippen molar-refractivity contribution >= 4 is 21.9 Å². The van der Waals surface area contributed by atoms with Crippen LogP contribution in [0.2, 0.25) is 0 Å². The molecule has 0 aliphatic rings. The summed E-state index contributed by atoms with van der Waals surface area (Å²) in [6.45, 7) is 9.52. The molecule has 0 radical (unpaired) electrons. The van der Waals surface area contributed by atoms with E-state index in [0.717, 1.165) is 61.6 Å². The van der Waals surface area contributed by atoms with Crippen LogP contribution < -0.4 is 10.4 Å². The summed E-state index contributed by atoms with van der Waals surface area (Å²) in [6, 6.07) is 8.08. The van der Waals surface area contributed by atoms with E-state index >= 15 is 0 Å². The molecule has 0 saturated heterocycles. The highest BCUT2D eigenvalue weighted by atomic mass is 16.5. The summed E-state index contributed by atoms with van der Waals surface area (Å²) in [5, 5.41) is 5.57. The molecule has 0 N–H and O–H groups in total. The number of fused-ring (bicyclic) bond motifs is 3. The number of hydrogen-bond donors (Lipinski definition) is 0. The van der Waals surface area contributed by atoms with Crippen molar-refractivity contribution in [2.24, 2.45) is 7.05 Å². The zero-order valence-electron chi connectivity index (χ0n) is 21.5. The third-order valence-electron chi connectivity index (χ3n) is 6.63. The summed E-state index contributed by atoms with van der Waals surface area (Å²) in [5.41, 5.74) is 7.45. The first kappa shape index (κ1) is 23.7. The largest absolute Gasteiger partial charge is 0.492 e. The summed E-state index contributed by atoms with van der Waals surface area (Å²) < 4.78 is 16.3. The Kier molecular flexibility index (Phi) is 6.09. The Morgan fingerprint density at radius 1 is 1.00 bits per heavy atom.